The number of nitrogens with two attached hydrogens (primary N) is 2. The van der Waals surface area contributed by atoms with Crippen LogP contribution < -0.4 is 16.8 Å². The van der Waals surface area contributed by atoms with Gasteiger partial charge in [-0.3, -0.25) is 4.79 Å². The van der Waals surface area contributed by atoms with Crippen LogP contribution in [0.5, 0.6) is 0 Å². The molecule has 0 rings (SSSR count). The van der Waals surface area contributed by atoms with Gasteiger partial charge in [-0.15, -0.1) is 0 Å². The first kappa shape index (κ1) is 15.7. The summed E-state index contributed by atoms with van der Waals surface area (Å²) in [5.74, 6) is -0.415. The molecule has 0 aromatic rings. The van der Waals surface area contributed by atoms with E-state index in [-0.39, 0.29) is 26.2 Å². The fourth-order valence-corrected chi connectivity index (χ4v) is 0.903. The van der Waals surface area contributed by atoms with Crippen molar-refractivity contribution in [1.82, 2.24) is 5.32 Å². The average Bonchev–Trinajstić information content (AvgIpc) is 2.25. The Morgan fingerprint density at radius 3 is 2.41 bits per heavy atom. The van der Waals surface area contributed by atoms with Gasteiger partial charge in [-0.25, -0.2) is 4.79 Å². The lowest BCUT2D eigenvalue weighted by Crippen LogP contribution is -2.47. The maximum Gasteiger partial charge on any atom is 0.407 e. The second-order valence-corrected chi connectivity index (χ2v) is 3.96. The van der Waals surface area contributed by atoms with Crippen LogP contribution in [-0.4, -0.2) is 43.9 Å². The Morgan fingerprint density at radius 2 is 1.88 bits per heavy atom. The van der Waals surface area contributed by atoms with Gasteiger partial charge in [0.05, 0.1) is 12.0 Å². The minimum atomic E-state index is -0.907. The van der Waals surface area contributed by atoms with Crippen molar-refractivity contribution in [2.45, 2.75) is 25.8 Å². The number of rotatable bonds is 7. The van der Waals surface area contributed by atoms with Gasteiger partial charge in [0.25, 0.3) is 0 Å². The average molecular weight is 247 g/mol. The monoisotopic (exact) mass is 247 g/mol. The Morgan fingerprint density at radius 1 is 1.29 bits per heavy atom. The summed E-state index contributed by atoms with van der Waals surface area (Å²) in [6, 6.07) is 0. The Bertz CT molecular complexity index is 232. The number of hydrogen-bond donors (Lipinski definition) is 3. The number of amides is 1. The summed E-state index contributed by atoms with van der Waals surface area (Å²) < 4.78 is 9.73. The zero-order valence-corrected chi connectivity index (χ0v) is 10.3. The number of carbonyl (C=O) groups excluding carboxylic acids is 2. The molecule has 7 heteroatoms. The van der Waals surface area contributed by atoms with Crippen LogP contribution >= 0.6 is 0 Å². The van der Waals surface area contributed by atoms with Crippen molar-refractivity contribution >= 4 is 12.1 Å². The quantitative estimate of drug-likeness (QED) is 0.514. The molecule has 17 heavy (non-hydrogen) atoms. The summed E-state index contributed by atoms with van der Waals surface area (Å²) in [6.07, 6.45) is -0.398. The molecule has 0 aliphatic carbocycles. The van der Waals surface area contributed by atoms with Crippen LogP contribution in [0.4, 0.5) is 4.79 Å². The summed E-state index contributed by atoms with van der Waals surface area (Å²) in [7, 11) is 0. The normalized spacial score (nSPS) is 13.6. The highest BCUT2D eigenvalue weighted by molar-refractivity contribution is 5.69. The zero-order valence-electron chi connectivity index (χ0n) is 10.3. The molecule has 0 fully saturated rings. The number of nitrogens with one attached hydrogen (secondary N) is 1. The van der Waals surface area contributed by atoms with Crippen LogP contribution in [0, 0.1) is 0 Å². The molecule has 0 spiro atoms. The van der Waals surface area contributed by atoms with Gasteiger partial charge >= 0.3 is 12.1 Å². The topological polar surface area (TPSA) is 117 Å². The van der Waals surface area contributed by atoms with Gasteiger partial charge in [-0.1, -0.05) is 0 Å². The largest absolute Gasteiger partial charge is 0.464 e. The van der Waals surface area contributed by atoms with Crippen LogP contribution in [0.3, 0.4) is 0 Å². The van der Waals surface area contributed by atoms with E-state index in [2.05, 4.69) is 5.32 Å². The summed E-state index contributed by atoms with van der Waals surface area (Å²) >= 11 is 0. The molecule has 5 N–H and O–H groups in total. The lowest BCUT2D eigenvalue weighted by atomic mass is 10.1. The third kappa shape index (κ3) is 8.47. The minimum Gasteiger partial charge on any atom is -0.464 e. The van der Waals surface area contributed by atoms with Crippen molar-refractivity contribution in [2.24, 2.45) is 11.5 Å². The SMILES string of the molecule is CCNC(=O)OCC(C)(N)COC(=O)CCN. The van der Waals surface area contributed by atoms with E-state index in [1.807, 2.05) is 0 Å². The zero-order chi connectivity index (χ0) is 13.3. The second-order valence-electron chi connectivity index (χ2n) is 3.96. The molecular weight excluding hydrogens is 226 g/mol. The molecule has 1 unspecified atom stereocenters. The third-order valence-electron chi connectivity index (χ3n) is 1.77. The first-order valence-corrected chi connectivity index (χ1v) is 5.46. The van der Waals surface area contributed by atoms with Crippen molar-refractivity contribution in [2.75, 3.05) is 26.3 Å². The van der Waals surface area contributed by atoms with E-state index in [4.69, 9.17) is 20.9 Å². The van der Waals surface area contributed by atoms with E-state index in [1.54, 1.807) is 13.8 Å². The number of hydrogen-bond acceptors (Lipinski definition) is 6. The van der Waals surface area contributed by atoms with E-state index in [9.17, 15) is 9.59 Å². The first-order chi connectivity index (χ1) is 7.91. The van der Waals surface area contributed by atoms with Crippen LogP contribution in [0.15, 0.2) is 0 Å². The summed E-state index contributed by atoms with van der Waals surface area (Å²) in [6.45, 7) is 4.06. The Kier molecular flexibility index (Phi) is 7.24. The lowest BCUT2D eigenvalue weighted by Gasteiger charge is -2.23. The standard InChI is InChI=1S/C10H21N3O4/c1-3-13-9(15)17-7-10(2,12)6-16-8(14)4-5-11/h3-7,11-12H2,1-2H3,(H,13,15). The number of alkyl carbamates (subject to hydrolysis) is 1. The molecule has 0 aliphatic rings. The number of carbonyl (C=O) groups is 2. The van der Waals surface area contributed by atoms with Crippen LogP contribution in [0.25, 0.3) is 0 Å². The molecule has 0 saturated carbocycles. The molecule has 0 aromatic carbocycles. The fourth-order valence-electron chi connectivity index (χ4n) is 0.903. The Labute approximate surface area is 101 Å². The highest BCUT2D eigenvalue weighted by atomic mass is 16.6. The van der Waals surface area contributed by atoms with Crippen molar-refractivity contribution in [3.63, 3.8) is 0 Å². The third-order valence-corrected chi connectivity index (χ3v) is 1.77. The number of esters is 1. The van der Waals surface area contributed by atoms with E-state index in [0.717, 1.165) is 0 Å². The van der Waals surface area contributed by atoms with Gasteiger partial charge in [0.2, 0.25) is 0 Å². The van der Waals surface area contributed by atoms with E-state index >= 15 is 0 Å². The van der Waals surface area contributed by atoms with Gasteiger partial charge in [0.15, 0.2) is 0 Å². The predicted octanol–water partition coefficient (Wildman–Crippen LogP) is -0.658. The molecule has 0 bridgehead atoms. The Balaban J connectivity index is 3.86. The number of ether oxygens (including phenoxy) is 2. The van der Waals surface area contributed by atoms with Gasteiger partial charge in [0.1, 0.15) is 13.2 Å². The molecule has 0 heterocycles. The van der Waals surface area contributed by atoms with E-state index in [1.165, 1.54) is 0 Å². The Hall–Kier alpha value is -1.34. The van der Waals surface area contributed by atoms with Crippen molar-refractivity contribution in [3.8, 4) is 0 Å². The van der Waals surface area contributed by atoms with Crippen molar-refractivity contribution in [3.05, 3.63) is 0 Å². The molecule has 0 radical (unpaired) electrons. The molecule has 100 valence electrons. The van der Waals surface area contributed by atoms with E-state index in [0.29, 0.717) is 6.54 Å². The van der Waals surface area contributed by atoms with Gasteiger partial charge < -0.3 is 26.3 Å². The van der Waals surface area contributed by atoms with Gasteiger partial charge in [-0.2, -0.15) is 0 Å². The van der Waals surface area contributed by atoms with Crippen LogP contribution in [0.1, 0.15) is 20.3 Å². The maximum absolute atomic E-state index is 11.1. The summed E-state index contributed by atoms with van der Waals surface area (Å²) in [5.41, 5.74) is 10.1. The van der Waals surface area contributed by atoms with Crippen LogP contribution in [-0.2, 0) is 14.3 Å². The smallest absolute Gasteiger partial charge is 0.407 e. The highest BCUT2D eigenvalue weighted by Gasteiger charge is 2.23. The van der Waals surface area contributed by atoms with Crippen molar-refractivity contribution in [1.29, 1.82) is 0 Å². The second kappa shape index (κ2) is 7.86. The molecule has 7 nitrogen and oxygen atoms in total. The molecule has 0 aliphatic heterocycles. The minimum absolute atomic E-state index is 0.0226. The van der Waals surface area contributed by atoms with E-state index < -0.39 is 17.6 Å². The predicted molar refractivity (Wildman–Crippen MR) is 62.2 cm³/mol. The lowest BCUT2D eigenvalue weighted by molar-refractivity contribution is -0.145. The molecule has 1 amide bonds. The van der Waals surface area contributed by atoms with Crippen LogP contribution in [0.2, 0.25) is 0 Å². The summed E-state index contributed by atoms with van der Waals surface area (Å²) in [5, 5.41) is 2.46. The molecule has 0 aromatic heterocycles. The summed E-state index contributed by atoms with van der Waals surface area (Å²) in [4.78, 5) is 22.1. The first-order valence-electron chi connectivity index (χ1n) is 5.46. The van der Waals surface area contributed by atoms with Gasteiger partial charge in [-0.05, 0) is 13.8 Å². The highest BCUT2D eigenvalue weighted by Crippen LogP contribution is 2.02. The van der Waals surface area contributed by atoms with Crippen molar-refractivity contribution < 1.29 is 19.1 Å². The van der Waals surface area contributed by atoms with Gasteiger partial charge in [0, 0.05) is 13.1 Å². The fraction of sp³-hybridized carbons (Fsp3) is 0.800. The molecular formula is C10H21N3O4. The molecule has 0 saturated heterocycles. The molecule has 1 atom stereocenters. The maximum atomic E-state index is 11.1.